The van der Waals surface area contributed by atoms with Gasteiger partial charge < -0.3 is 5.32 Å². The second-order valence-corrected chi connectivity index (χ2v) is 5.53. The standard InChI is InChI=1S/C18H23N/c1-14(2)10-15-6-4-8-17(11-15)18-9-5-7-16(12-18)13-19-3/h4-9,11-12,14,19H,10,13H2,1-3H3. The minimum atomic E-state index is 0.700. The Morgan fingerprint density at radius 3 is 2.05 bits per heavy atom. The van der Waals surface area contributed by atoms with Gasteiger partial charge >= 0.3 is 0 Å². The van der Waals surface area contributed by atoms with Crippen molar-refractivity contribution in [1.82, 2.24) is 5.32 Å². The van der Waals surface area contributed by atoms with E-state index in [0.717, 1.165) is 13.0 Å². The first-order chi connectivity index (χ1) is 9.19. The van der Waals surface area contributed by atoms with Crippen LogP contribution in [0, 0.1) is 5.92 Å². The first kappa shape index (κ1) is 13.8. The summed E-state index contributed by atoms with van der Waals surface area (Å²) in [5, 5.41) is 3.20. The molecular formula is C18H23N. The molecule has 19 heavy (non-hydrogen) atoms. The molecule has 0 aromatic heterocycles. The second kappa shape index (κ2) is 6.53. The van der Waals surface area contributed by atoms with Gasteiger partial charge in [0.1, 0.15) is 0 Å². The number of hydrogen-bond donors (Lipinski definition) is 1. The first-order valence-electron chi connectivity index (χ1n) is 7.02. The van der Waals surface area contributed by atoms with Crippen molar-refractivity contribution in [1.29, 1.82) is 0 Å². The van der Waals surface area contributed by atoms with E-state index >= 15 is 0 Å². The SMILES string of the molecule is CNCc1cccc(-c2cccc(CC(C)C)c2)c1. The van der Waals surface area contributed by atoms with Gasteiger partial charge in [-0.1, -0.05) is 56.3 Å². The van der Waals surface area contributed by atoms with Gasteiger partial charge in [0.2, 0.25) is 0 Å². The molecule has 0 fully saturated rings. The Hall–Kier alpha value is -1.60. The molecular weight excluding hydrogens is 230 g/mol. The van der Waals surface area contributed by atoms with E-state index in [1.807, 2.05) is 7.05 Å². The lowest BCUT2D eigenvalue weighted by Crippen LogP contribution is -2.04. The van der Waals surface area contributed by atoms with Crippen LogP contribution >= 0.6 is 0 Å². The van der Waals surface area contributed by atoms with E-state index in [-0.39, 0.29) is 0 Å². The van der Waals surface area contributed by atoms with Gasteiger partial charge in [-0.05, 0) is 47.7 Å². The van der Waals surface area contributed by atoms with Crippen LogP contribution in [-0.4, -0.2) is 7.05 Å². The molecule has 0 saturated heterocycles. The predicted molar refractivity (Wildman–Crippen MR) is 83.2 cm³/mol. The van der Waals surface area contributed by atoms with Crippen molar-refractivity contribution in [2.45, 2.75) is 26.8 Å². The molecule has 0 aliphatic carbocycles. The molecule has 0 aliphatic heterocycles. The molecule has 0 atom stereocenters. The number of hydrogen-bond acceptors (Lipinski definition) is 1. The van der Waals surface area contributed by atoms with Crippen molar-refractivity contribution in [2.24, 2.45) is 5.92 Å². The highest BCUT2D eigenvalue weighted by atomic mass is 14.8. The van der Waals surface area contributed by atoms with Crippen LogP contribution in [0.3, 0.4) is 0 Å². The molecule has 0 amide bonds. The van der Waals surface area contributed by atoms with E-state index in [0.29, 0.717) is 5.92 Å². The summed E-state index contributed by atoms with van der Waals surface area (Å²) in [5.41, 5.74) is 5.37. The van der Waals surface area contributed by atoms with Crippen LogP contribution in [0.25, 0.3) is 11.1 Å². The normalized spacial score (nSPS) is 10.9. The van der Waals surface area contributed by atoms with Gasteiger partial charge in [0.15, 0.2) is 0 Å². The average Bonchev–Trinajstić information content (AvgIpc) is 2.39. The van der Waals surface area contributed by atoms with Gasteiger partial charge in [0, 0.05) is 6.54 Å². The summed E-state index contributed by atoms with van der Waals surface area (Å²) >= 11 is 0. The number of benzene rings is 2. The van der Waals surface area contributed by atoms with Crippen LogP contribution in [-0.2, 0) is 13.0 Å². The highest BCUT2D eigenvalue weighted by Crippen LogP contribution is 2.22. The van der Waals surface area contributed by atoms with Crippen LogP contribution in [0.15, 0.2) is 48.5 Å². The highest BCUT2D eigenvalue weighted by molar-refractivity contribution is 5.64. The van der Waals surface area contributed by atoms with Crippen LogP contribution in [0.1, 0.15) is 25.0 Å². The maximum atomic E-state index is 3.20. The van der Waals surface area contributed by atoms with Crippen molar-refractivity contribution in [3.63, 3.8) is 0 Å². The summed E-state index contributed by atoms with van der Waals surface area (Å²) in [6.07, 6.45) is 1.14. The van der Waals surface area contributed by atoms with E-state index < -0.39 is 0 Å². The average molecular weight is 253 g/mol. The Bertz CT molecular complexity index is 529. The van der Waals surface area contributed by atoms with Crippen molar-refractivity contribution in [2.75, 3.05) is 7.05 Å². The van der Waals surface area contributed by atoms with E-state index in [2.05, 4.69) is 67.7 Å². The molecule has 0 bridgehead atoms. The predicted octanol–water partition coefficient (Wildman–Crippen LogP) is 4.27. The Labute approximate surface area is 116 Å². The van der Waals surface area contributed by atoms with Gasteiger partial charge in [-0.2, -0.15) is 0 Å². The molecule has 100 valence electrons. The van der Waals surface area contributed by atoms with E-state index in [1.54, 1.807) is 0 Å². The fourth-order valence-corrected chi connectivity index (χ4v) is 2.41. The summed E-state index contributed by atoms with van der Waals surface area (Å²) in [7, 11) is 1.98. The molecule has 0 heterocycles. The zero-order valence-electron chi connectivity index (χ0n) is 12.1. The number of rotatable bonds is 5. The molecule has 1 nitrogen and oxygen atoms in total. The quantitative estimate of drug-likeness (QED) is 0.839. The maximum Gasteiger partial charge on any atom is 0.0202 e. The van der Waals surface area contributed by atoms with Gasteiger partial charge in [0.05, 0.1) is 0 Å². The van der Waals surface area contributed by atoms with Crippen molar-refractivity contribution in [3.8, 4) is 11.1 Å². The molecule has 0 saturated carbocycles. The van der Waals surface area contributed by atoms with E-state index in [9.17, 15) is 0 Å². The Kier molecular flexibility index (Phi) is 4.75. The summed E-state index contributed by atoms with van der Waals surface area (Å²) in [4.78, 5) is 0. The molecule has 2 aromatic rings. The topological polar surface area (TPSA) is 12.0 Å². The first-order valence-corrected chi connectivity index (χ1v) is 7.02. The smallest absolute Gasteiger partial charge is 0.0202 e. The lowest BCUT2D eigenvalue weighted by atomic mass is 9.97. The lowest BCUT2D eigenvalue weighted by Gasteiger charge is -2.09. The fourth-order valence-electron chi connectivity index (χ4n) is 2.41. The van der Waals surface area contributed by atoms with E-state index in [4.69, 9.17) is 0 Å². The van der Waals surface area contributed by atoms with E-state index in [1.165, 1.54) is 22.3 Å². The molecule has 2 aromatic carbocycles. The van der Waals surface area contributed by atoms with Gasteiger partial charge in [-0.3, -0.25) is 0 Å². The largest absolute Gasteiger partial charge is 0.316 e. The molecule has 0 radical (unpaired) electrons. The zero-order valence-corrected chi connectivity index (χ0v) is 12.1. The molecule has 1 N–H and O–H groups in total. The minimum absolute atomic E-state index is 0.700. The third-order valence-electron chi connectivity index (χ3n) is 3.21. The summed E-state index contributed by atoms with van der Waals surface area (Å²) in [6.45, 7) is 5.44. The maximum absolute atomic E-state index is 3.20. The lowest BCUT2D eigenvalue weighted by molar-refractivity contribution is 0.647. The van der Waals surface area contributed by atoms with Crippen LogP contribution < -0.4 is 5.32 Å². The monoisotopic (exact) mass is 253 g/mol. The summed E-state index contributed by atoms with van der Waals surface area (Å²) < 4.78 is 0. The van der Waals surface area contributed by atoms with Gasteiger partial charge in [-0.25, -0.2) is 0 Å². The molecule has 0 spiro atoms. The molecule has 0 unspecified atom stereocenters. The minimum Gasteiger partial charge on any atom is -0.316 e. The second-order valence-electron chi connectivity index (χ2n) is 5.53. The van der Waals surface area contributed by atoms with Gasteiger partial charge in [-0.15, -0.1) is 0 Å². The Balaban J connectivity index is 2.28. The Morgan fingerprint density at radius 2 is 1.47 bits per heavy atom. The third-order valence-corrected chi connectivity index (χ3v) is 3.21. The van der Waals surface area contributed by atoms with Crippen molar-refractivity contribution < 1.29 is 0 Å². The van der Waals surface area contributed by atoms with Crippen LogP contribution in [0.5, 0.6) is 0 Å². The van der Waals surface area contributed by atoms with Crippen LogP contribution in [0.2, 0.25) is 0 Å². The highest BCUT2D eigenvalue weighted by Gasteiger charge is 2.02. The summed E-state index contributed by atoms with van der Waals surface area (Å²) in [6, 6.07) is 17.7. The van der Waals surface area contributed by atoms with Crippen LogP contribution in [0.4, 0.5) is 0 Å². The molecule has 2 rings (SSSR count). The molecule has 1 heteroatoms. The van der Waals surface area contributed by atoms with Crippen molar-refractivity contribution >= 4 is 0 Å². The van der Waals surface area contributed by atoms with Crippen molar-refractivity contribution in [3.05, 3.63) is 59.7 Å². The van der Waals surface area contributed by atoms with Gasteiger partial charge in [0.25, 0.3) is 0 Å². The zero-order chi connectivity index (χ0) is 13.7. The molecule has 0 aliphatic rings. The number of nitrogens with one attached hydrogen (secondary N) is 1. The third kappa shape index (κ3) is 3.93. The Morgan fingerprint density at radius 1 is 0.895 bits per heavy atom. The summed E-state index contributed by atoms with van der Waals surface area (Å²) in [5.74, 6) is 0.700. The fraction of sp³-hybridized carbons (Fsp3) is 0.333.